The van der Waals surface area contributed by atoms with Crippen LogP contribution in [0.3, 0.4) is 0 Å². The summed E-state index contributed by atoms with van der Waals surface area (Å²) in [6.45, 7) is 7.27. The SMILES string of the molecule is CC1(C)CC(N2C(=O)CC(SC[C@H](N)C(=O)O)C2=O)CC(C)(C)N1[O]. The van der Waals surface area contributed by atoms with E-state index < -0.39 is 28.3 Å². The van der Waals surface area contributed by atoms with E-state index in [0.717, 1.165) is 16.8 Å². The Bertz CT molecular complexity index is 562. The third-order valence-corrected chi connectivity index (χ3v) is 6.19. The lowest BCUT2D eigenvalue weighted by molar-refractivity contribution is -0.293. The van der Waals surface area contributed by atoms with E-state index in [9.17, 15) is 19.6 Å². The average molecular weight is 372 g/mol. The van der Waals surface area contributed by atoms with Gasteiger partial charge in [0.15, 0.2) is 0 Å². The molecule has 2 amide bonds. The summed E-state index contributed by atoms with van der Waals surface area (Å²) in [5, 5.41) is 21.7. The Morgan fingerprint density at radius 1 is 1.28 bits per heavy atom. The summed E-state index contributed by atoms with van der Waals surface area (Å²) in [5.74, 6) is -1.62. The maximum atomic E-state index is 12.7. The molecule has 1 unspecified atom stereocenters. The van der Waals surface area contributed by atoms with Gasteiger partial charge in [-0.15, -0.1) is 22.0 Å². The number of amides is 2. The summed E-state index contributed by atoms with van der Waals surface area (Å²) in [6, 6.07) is -1.39. The molecule has 2 heterocycles. The van der Waals surface area contributed by atoms with Crippen LogP contribution in [0.5, 0.6) is 0 Å². The Labute approximate surface area is 151 Å². The molecule has 141 valence electrons. The number of aliphatic carboxylic acids is 1. The minimum absolute atomic E-state index is 0.0499. The second-order valence-corrected chi connectivity index (χ2v) is 9.29. The first-order valence-electron chi connectivity index (χ1n) is 8.30. The van der Waals surface area contributed by atoms with Crippen LogP contribution in [0.4, 0.5) is 0 Å². The van der Waals surface area contributed by atoms with Crippen molar-refractivity contribution in [1.29, 1.82) is 0 Å². The lowest BCUT2D eigenvalue weighted by Crippen LogP contribution is -2.63. The van der Waals surface area contributed by atoms with Crippen LogP contribution in [0.2, 0.25) is 0 Å². The van der Waals surface area contributed by atoms with Gasteiger partial charge >= 0.3 is 5.97 Å². The fraction of sp³-hybridized carbons (Fsp3) is 0.812. The maximum Gasteiger partial charge on any atom is 0.321 e. The molecule has 0 aromatic carbocycles. The van der Waals surface area contributed by atoms with Gasteiger partial charge in [-0.05, 0) is 40.5 Å². The summed E-state index contributed by atoms with van der Waals surface area (Å²) in [7, 11) is 0. The van der Waals surface area contributed by atoms with Crippen LogP contribution in [0, 0.1) is 0 Å². The zero-order valence-electron chi connectivity index (χ0n) is 15.0. The van der Waals surface area contributed by atoms with Gasteiger partial charge in [0.05, 0.1) is 5.25 Å². The molecule has 2 fully saturated rings. The van der Waals surface area contributed by atoms with Crippen LogP contribution in [-0.4, -0.2) is 67.0 Å². The summed E-state index contributed by atoms with van der Waals surface area (Å²) >= 11 is 1.11. The van der Waals surface area contributed by atoms with Gasteiger partial charge in [-0.2, -0.15) is 0 Å². The Balaban J connectivity index is 2.11. The molecule has 0 saturated carbocycles. The second kappa shape index (κ2) is 6.86. The number of carboxylic acids is 1. The highest BCUT2D eigenvalue weighted by molar-refractivity contribution is 8.00. The van der Waals surface area contributed by atoms with Crippen LogP contribution in [-0.2, 0) is 19.6 Å². The molecule has 9 heteroatoms. The molecule has 2 aliphatic rings. The standard InChI is InChI=1S/C16H26N3O5S/c1-15(2)6-9(7-16(3,4)19(15)24)18-12(20)5-11(13(18)21)25-8-10(17)14(22)23/h9-11H,5-8,17H2,1-4H3,(H,22,23)/t10-,11?/m0/s1. The first-order chi connectivity index (χ1) is 11.4. The molecule has 2 atom stereocenters. The third kappa shape index (κ3) is 3.99. The van der Waals surface area contributed by atoms with Crippen LogP contribution in [0.1, 0.15) is 47.0 Å². The van der Waals surface area contributed by atoms with Crippen molar-refractivity contribution < 1.29 is 24.7 Å². The molecule has 3 N–H and O–H groups in total. The van der Waals surface area contributed by atoms with Crippen LogP contribution < -0.4 is 5.73 Å². The summed E-state index contributed by atoms with van der Waals surface area (Å²) in [5.41, 5.74) is 4.11. The first-order valence-corrected chi connectivity index (χ1v) is 9.35. The van der Waals surface area contributed by atoms with Crippen molar-refractivity contribution in [2.24, 2.45) is 5.73 Å². The molecule has 0 spiro atoms. The van der Waals surface area contributed by atoms with Crippen LogP contribution in [0.15, 0.2) is 0 Å². The van der Waals surface area contributed by atoms with E-state index in [4.69, 9.17) is 10.8 Å². The summed E-state index contributed by atoms with van der Waals surface area (Å²) in [4.78, 5) is 37.2. The number of carbonyl (C=O) groups excluding carboxylic acids is 2. The Morgan fingerprint density at radius 2 is 1.80 bits per heavy atom. The number of imide groups is 1. The van der Waals surface area contributed by atoms with Crippen molar-refractivity contribution in [2.45, 2.75) is 75.4 Å². The largest absolute Gasteiger partial charge is 0.480 e. The highest BCUT2D eigenvalue weighted by Crippen LogP contribution is 2.41. The Hall–Kier alpha value is -1.16. The van der Waals surface area contributed by atoms with E-state index in [1.807, 2.05) is 27.7 Å². The number of rotatable bonds is 5. The first kappa shape index (κ1) is 20.2. The smallest absolute Gasteiger partial charge is 0.321 e. The number of carboxylic acid groups (broad SMARTS) is 1. The number of piperidine rings is 1. The highest BCUT2D eigenvalue weighted by atomic mass is 32.2. The van der Waals surface area contributed by atoms with Crippen molar-refractivity contribution in [1.82, 2.24) is 9.96 Å². The summed E-state index contributed by atoms with van der Waals surface area (Å²) < 4.78 is 0. The van der Waals surface area contributed by atoms with Crippen molar-refractivity contribution in [2.75, 3.05) is 5.75 Å². The number of hydrogen-bond acceptors (Lipinski definition) is 6. The topological polar surface area (TPSA) is 124 Å². The van der Waals surface area contributed by atoms with Gasteiger partial charge < -0.3 is 10.8 Å². The molecule has 8 nitrogen and oxygen atoms in total. The predicted octanol–water partition coefficient (Wildman–Crippen LogP) is 0.626. The lowest BCUT2D eigenvalue weighted by atomic mass is 9.78. The fourth-order valence-electron chi connectivity index (χ4n) is 3.82. The minimum atomic E-state index is -1.13. The van der Waals surface area contributed by atoms with Crippen molar-refractivity contribution in [3.8, 4) is 0 Å². The Morgan fingerprint density at radius 3 is 2.28 bits per heavy atom. The van der Waals surface area contributed by atoms with E-state index in [-0.39, 0.29) is 30.0 Å². The molecule has 0 aliphatic carbocycles. The third-order valence-electron chi connectivity index (χ3n) is 4.87. The lowest BCUT2D eigenvalue weighted by Gasteiger charge is -2.51. The number of nitrogens with two attached hydrogens (primary N) is 1. The molecule has 2 rings (SSSR count). The molecular weight excluding hydrogens is 346 g/mol. The van der Waals surface area contributed by atoms with Crippen molar-refractivity contribution >= 4 is 29.5 Å². The minimum Gasteiger partial charge on any atom is -0.480 e. The van der Waals surface area contributed by atoms with Gasteiger partial charge in [-0.1, -0.05) is 0 Å². The zero-order valence-corrected chi connectivity index (χ0v) is 15.8. The monoisotopic (exact) mass is 372 g/mol. The van der Waals surface area contributed by atoms with E-state index in [1.165, 1.54) is 4.90 Å². The molecule has 0 aromatic rings. The average Bonchev–Trinajstić information content (AvgIpc) is 2.75. The molecule has 1 radical (unpaired) electrons. The predicted molar refractivity (Wildman–Crippen MR) is 92.0 cm³/mol. The van der Waals surface area contributed by atoms with E-state index in [0.29, 0.717) is 12.8 Å². The molecular formula is C16H26N3O5S. The molecule has 2 aliphatic heterocycles. The van der Waals surface area contributed by atoms with Gasteiger partial charge in [-0.3, -0.25) is 19.3 Å². The number of carbonyl (C=O) groups is 3. The number of likely N-dealkylation sites (tertiary alicyclic amines) is 1. The van der Waals surface area contributed by atoms with Gasteiger partial charge in [0.2, 0.25) is 11.8 Å². The fourth-order valence-corrected chi connectivity index (χ4v) is 4.92. The molecule has 25 heavy (non-hydrogen) atoms. The number of nitrogens with zero attached hydrogens (tertiary/aromatic N) is 2. The highest BCUT2D eigenvalue weighted by Gasteiger charge is 2.52. The zero-order chi connectivity index (χ0) is 19.2. The van der Waals surface area contributed by atoms with E-state index in [1.54, 1.807) is 0 Å². The molecule has 0 bridgehead atoms. The van der Waals surface area contributed by atoms with Gasteiger partial charge in [0.1, 0.15) is 6.04 Å². The van der Waals surface area contributed by atoms with Gasteiger partial charge in [0.25, 0.3) is 0 Å². The van der Waals surface area contributed by atoms with Crippen molar-refractivity contribution in [3.63, 3.8) is 0 Å². The molecule has 0 aromatic heterocycles. The van der Waals surface area contributed by atoms with E-state index in [2.05, 4.69) is 0 Å². The molecule has 2 saturated heterocycles. The van der Waals surface area contributed by atoms with E-state index >= 15 is 0 Å². The van der Waals surface area contributed by atoms with Crippen molar-refractivity contribution in [3.05, 3.63) is 0 Å². The quantitative estimate of drug-likeness (QED) is 0.678. The maximum absolute atomic E-state index is 12.7. The van der Waals surface area contributed by atoms with Crippen LogP contribution in [0.25, 0.3) is 0 Å². The number of hydrogen-bond donors (Lipinski definition) is 2. The second-order valence-electron chi connectivity index (χ2n) is 8.05. The normalized spacial score (nSPS) is 28.4. The van der Waals surface area contributed by atoms with Gasteiger partial charge in [-0.25, -0.2) is 0 Å². The number of hydroxylamine groups is 2. The van der Waals surface area contributed by atoms with Gasteiger partial charge in [0, 0.05) is 29.3 Å². The summed E-state index contributed by atoms with van der Waals surface area (Å²) in [6.07, 6.45) is 0.890. The Kier molecular flexibility index (Phi) is 5.53. The number of thioether (sulfide) groups is 1. The van der Waals surface area contributed by atoms with Crippen LogP contribution >= 0.6 is 11.8 Å².